The number of aromatic nitrogens is 1. The summed E-state index contributed by atoms with van der Waals surface area (Å²) in [5, 5.41) is 1.85. The Kier molecular flexibility index (Phi) is 12.8. The minimum Gasteiger partial charge on any atom is -1.00 e. The molecule has 0 radical (unpaired) electrons. The molecule has 0 aliphatic heterocycles. The molecular formula is C10H9Cl4NZn. The standard InChI is InChI=1S/C10H8ClN.3ClH.Zn/c1-7-2-3-8-6-9(11)4-5-10(8)12-7;;;;/h2-6H,1H3;3*1H;/q;;;;+2/p-2. The van der Waals surface area contributed by atoms with Crippen LogP contribution in [0.15, 0.2) is 30.3 Å². The van der Waals surface area contributed by atoms with Gasteiger partial charge in [-0.2, -0.15) is 0 Å². The summed E-state index contributed by atoms with van der Waals surface area (Å²) in [5.41, 5.74) is 2.03. The van der Waals surface area contributed by atoms with Gasteiger partial charge in [0, 0.05) is 16.1 Å². The second-order valence-electron chi connectivity index (χ2n) is 2.79. The van der Waals surface area contributed by atoms with Crippen molar-refractivity contribution in [1.29, 1.82) is 0 Å². The maximum Gasteiger partial charge on any atom is 2.00 e. The van der Waals surface area contributed by atoms with Gasteiger partial charge >= 0.3 is 19.5 Å². The fraction of sp³-hybridized carbons (Fsp3) is 0.100. The third-order valence-corrected chi connectivity index (χ3v) is 2.03. The predicted octanol–water partition coefficient (Wildman–Crippen LogP) is -2.38. The van der Waals surface area contributed by atoms with Crippen molar-refractivity contribution in [3.8, 4) is 0 Å². The Hall–Kier alpha value is 0.413. The van der Waals surface area contributed by atoms with Crippen molar-refractivity contribution in [3.63, 3.8) is 0 Å². The van der Waals surface area contributed by atoms with Crippen molar-refractivity contribution in [2.75, 3.05) is 0 Å². The predicted molar refractivity (Wildman–Crippen MR) is 58.7 cm³/mol. The van der Waals surface area contributed by atoms with E-state index in [1.54, 1.807) is 0 Å². The molecule has 0 unspecified atom stereocenters. The molecule has 0 amide bonds. The molecule has 6 heteroatoms. The van der Waals surface area contributed by atoms with Gasteiger partial charge in [-0.1, -0.05) is 17.7 Å². The first-order valence-corrected chi connectivity index (χ1v) is 4.16. The Morgan fingerprint density at radius 2 is 1.69 bits per heavy atom. The van der Waals surface area contributed by atoms with E-state index in [1.807, 2.05) is 37.3 Å². The number of nitrogens with zero attached hydrogens (tertiary/aromatic N) is 1. The summed E-state index contributed by atoms with van der Waals surface area (Å²) in [4.78, 5) is 4.36. The van der Waals surface area contributed by atoms with Gasteiger partial charge in [0.05, 0.1) is 5.52 Å². The van der Waals surface area contributed by atoms with Crippen LogP contribution in [0, 0.1) is 6.92 Å². The number of hydrogen-bond donors (Lipinski definition) is 0. The molecule has 0 bridgehead atoms. The van der Waals surface area contributed by atoms with Crippen LogP contribution in [0.5, 0.6) is 0 Å². The molecule has 0 fully saturated rings. The minimum atomic E-state index is 0. The van der Waals surface area contributed by atoms with Gasteiger partial charge < -0.3 is 24.8 Å². The van der Waals surface area contributed by atoms with E-state index in [1.165, 1.54) is 0 Å². The van der Waals surface area contributed by atoms with Crippen LogP contribution in [0.2, 0.25) is 5.02 Å². The van der Waals surface area contributed by atoms with Crippen LogP contribution in [0.4, 0.5) is 0 Å². The number of pyridine rings is 1. The van der Waals surface area contributed by atoms with Gasteiger partial charge in [0.15, 0.2) is 0 Å². The zero-order valence-corrected chi connectivity index (χ0v) is 14.6. The first-order valence-electron chi connectivity index (χ1n) is 3.78. The second-order valence-corrected chi connectivity index (χ2v) is 3.23. The van der Waals surface area contributed by atoms with Gasteiger partial charge in [-0.05, 0) is 31.2 Å². The Bertz CT molecular complexity index is 395. The summed E-state index contributed by atoms with van der Waals surface area (Å²) < 4.78 is 0. The largest absolute Gasteiger partial charge is 2.00 e. The summed E-state index contributed by atoms with van der Waals surface area (Å²) in [7, 11) is 0. The molecule has 84 valence electrons. The first-order chi connectivity index (χ1) is 5.75. The molecule has 0 spiro atoms. The summed E-state index contributed by atoms with van der Waals surface area (Å²) in [6.45, 7) is 1.98. The van der Waals surface area contributed by atoms with Gasteiger partial charge in [-0.15, -0.1) is 12.4 Å². The molecule has 2 aromatic rings. The van der Waals surface area contributed by atoms with Gasteiger partial charge in [-0.25, -0.2) is 0 Å². The van der Waals surface area contributed by atoms with E-state index in [4.69, 9.17) is 11.6 Å². The van der Waals surface area contributed by atoms with Crippen molar-refractivity contribution in [1.82, 2.24) is 4.98 Å². The average molecular weight is 350 g/mol. The number of halogens is 4. The fourth-order valence-corrected chi connectivity index (χ4v) is 1.38. The smallest absolute Gasteiger partial charge is 1.00 e. The summed E-state index contributed by atoms with van der Waals surface area (Å²) in [6.07, 6.45) is 0. The van der Waals surface area contributed by atoms with Crippen LogP contribution in [-0.2, 0) is 19.5 Å². The third-order valence-electron chi connectivity index (χ3n) is 1.79. The number of rotatable bonds is 0. The van der Waals surface area contributed by atoms with Gasteiger partial charge in [-0.3, -0.25) is 4.98 Å². The summed E-state index contributed by atoms with van der Waals surface area (Å²) in [6, 6.07) is 9.73. The molecule has 0 N–H and O–H groups in total. The quantitative estimate of drug-likeness (QED) is 0.484. The van der Waals surface area contributed by atoms with E-state index in [0.29, 0.717) is 0 Å². The van der Waals surface area contributed by atoms with Crippen LogP contribution < -0.4 is 24.8 Å². The number of fused-ring (bicyclic) bond motifs is 1. The molecule has 2 rings (SSSR count). The van der Waals surface area contributed by atoms with Gasteiger partial charge in [0.1, 0.15) is 0 Å². The SMILES string of the molecule is Cc1ccc2cc(Cl)ccc2n1.Cl.[Cl-].[Cl-].[Zn+2]. The Balaban J connectivity index is -0.000000422. The normalized spacial score (nSPS) is 7.88. The van der Waals surface area contributed by atoms with Crippen LogP contribution in [0.1, 0.15) is 5.69 Å². The fourth-order valence-electron chi connectivity index (χ4n) is 1.20. The third kappa shape index (κ3) is 5.16. The molecule has 0 atom stereocenters. The number of aryl methyl sites for hydroxylation is 1. The topological polar surface area (TPSA) is 12.9 Å². The summed E-state index contributed by atoms with van der Waals surface area (Å²) in [5.74, 6) is 0. The Morgan fingerprint density at radius 3 is 2.31 bits per heavy atom. The molecule has 0 saturated heterocycles. The number of hydrogen-bond acceptors (Lipinski definition) is 1. The zero-order chi connectivity index (χ0) is 8.55. The van der Waals surface area contributed by atoms with Gasteiger partial charge in [0.25, 0.3) is 0 Å². The second kappa shape index (κ2) is 9.44. The van der Waals surface area contributed by atoms with E-state index < -0.39 is 0 Å². The molecule has 0 aliphatic rings. The van der Waals surface area contributed by atoms with E-state index in [2.05, 4.69) is 4.98 Å². The molecule has 1 heterocycles. The van der Waals surface area contributed by atoms with Crippen molar-refractivity contribution in [3.05, 3.63) is 41.0 Å². The van der Waals surface area contributed by atoms with Crippen molar-refractivity contribution < 1.29 is 44.3 Å². The average Bonchev–Trinajstić information content (AvgIpc) is 2.05. The molecule has 0 aliphatic carbocycles. The Labute approximate surface area is 131 Å². The molecule has 1 aromatic carbocycles. The van der Waals surface area contributed by atoms with E-state index >= 15 is 0 Å². The monoisotopic (exact) mass is 347 g/mol. The maximum absolute atomic E-state index is 5.83. The zero-order valence-electron chi connectivity index (χ0n) is 8.58. The van der Waals surface area contributed by atoms with Crippen molar-refractivity contribution in [2.45, 2.75) is 6.92 Å². The Morgan fingerprint density at radius 1 is 1.06 bits per heavy atom. The molecule has 16 heavy (non-hydrogen) atoms. The van der Waals surface area contributed by atoms with E-state index in [9.17, 15) is 0 Å². The van der Waals surface area contributed by atoms with Crippen LogP contribution in [0.3, 0.4) is 0 Å². The molecule has 1 nitrogen and oxygen atoms in total. The minimum absolute atomic E-state index is 0. The van der Waals surface area contributed by atoms with Crippen molar-refractivity contribution >= 4 is 34.9 Å². The molecule has 0 saturated carbocycles. The van der Waals surface area contributed by atoms with Crippen LogP contribution >= 0.6 is 24.0 Å². The molecular weight excluding hydrogens is 341 g/mol. The summed E-state index contributed by atoms with van der Waals surface area (Å²) >= 11 is 5.83. The molecule has 1 aromatic heterocycles. The van der Waals surface area contributed by atoms with Crippen molar-refractivity contribution in [2.24, 2.45) is 0 Å². The first kappa shape index (κ1) is 21.7. The van der Waals surface area contributed by atoms with Crippen LogP contribution in [0.25, 0.3) is 10.9 Å². The van der Waals surface area contributed by atoms with E-state index in [0.717, 1.165) is 21.6 Å². The van der Waals surface area contributed by atoms with E-state index in [-0.39, 0.29) is 56.7 Å². The number of benzene rings is 1. The maximum atomic E-state index is 5.83. The van der Waals surface area contributed by atoms with Gasteiger partial charge in [0.2, 0.25) is 0 Å². The van der Waals surface area contributed by atoms with Crippen LogP contribution in [-0.4, -0.2) is 4.98 Å².